The number of carbonyl (C=O) groups is 3. The first-order valence-electron chi connectivity index (χ1n) is 10.6. The van der Waals surface area contributed by atoms with E-state index in [9.17, 15) is 19.5 Å². The number of aryl methyl sites for hydroxylation is 2. The monoisotopic (exact) mass is 473 g/mol. The average Bonchev–Trinajstić information content (AvgIpc) is 3.04. The van der Waals surface area contributed by atoms with Crippen LogP contribution in [0.15, 0.2) is 54.1 Å². The van der Waals surface area contributed by atoms with Gasteiger partial charge in [0.05, 0.1) is 11.3 Å². The molecule has 4 rings (SSSR count). The van der Waals surface area contributed by atoms with Crippen LogP contribution in [-0.2, 0) is 9.59 Å². The SMILES string of the molecule is Cc1cccc(N2C(=O)C(=Cc3cc(C)n(-c4cccc(C(=O)O)c4C)c3C)C(=O)NC2=S)c1. The number of aromatic nitrogens is 1. The van der Waals surface area contributed by atoms with Crippen LogP contribution in [0, 0.1) is 27.7 Å². The summed E-state index contributed by atoms with van der Waals surface area (Å²) in [5.74, 6) is -2.07. The number of thiocarbonyl (C=S) groups is 1. The minimum absolute atomic E-state index is 0.0318. The fourth-order valence-corrected chi connectivity index (χ4v) is 4.50. The molecule has 2 heterocycles. The Morgan fingerprint density at radius 2 is 1.74 bits per heavy atom. The van der Waals surface area contributed by atoms with Crippen molar-refractivity contribution >= 4 is 46.9 Å². The summed E-state index contributed by atoms with van der Waals surface area (Å²) in [4.78, 5) is 39.0. The van der Waals surface area contributed by atoms with E-state index in [1.807, 2.05) is 55.7 Å². The standard InChI is InChI=1S/C26H23N3O4S/c1-14-7-5-8-19(11-14)29-24(31)21(23(30)27-26(29)34)13-18-12-15(2)28(17(18)4)22-10-6-9-20(16(22)3)25(32)33/h5-13H,1-4H3,(H,32,33)(H,27,30,34). The Hall–Kier alpha value is -4.04. The maximum absolute atomic E-state index is 13.3. The summed E-state index contributed by atoms with van der Waals surface area (Å²) in [6.45, 7) is 7.42. The molecule has 2 N–H and O–H groups in total. The first kappa shape index (κ1) is 23.1. The number of nitrogens with zero attached hydrogens (tertiary/aromatic N) is 2. The van der Waals surface area contributed by atoms with Crippen LogP contribution in [0.5, 0.6) is 0 Å². The number of anilines is 1. The quantitative estimate of drug-likeness (QED) is 0.336. The Bertz CT molecular complexity index is 1420. The number of hydrogen-bond acceptors (Lipinski definition) is 4. The Kier molecular flexibility index (Phi) is 5.93. The van der Waals surface area contributed by atoms with Crippen molar-refractivity contribution in [3.63, 3.8) is 0 Å². The van der Waals surface area contributed by atoms with E-state index in [1.165, 1.54) is 4.90 Å². The van der Waals surface area contributed by atoms with Gasteiger partial charge in [0.1, 0.15) is 5.57 Å². The van der Waals surface area contributed by atoms with Crippen LogP contribution in [0.2, 0.25) is 0 Å². The molecule has 3 aromatic rings. The minimum atomic E-state index is -0.999. The van der Waals surface area contributed by atoms with Crippen molar-refractivity contribution in [2.24, 2.45) is 0 Å². The molecule has 1 aliphatic rings. The van der Waals surface area contributed by atoms with Crippen molar-refractivity contribution < 1.29 is 19.5 Å². The van der Waals surface area contributed by atoms with Gasteiger partial charge in [0.25, 0.3) is 11.8 Å². The van der Waals surface area contributed by atoms with Gasteiger partial charge in [-0.25, -0.2) is 4.79 Å². The highest BCUT2D eigenvalue weighted by atomic mass is 32.1. The third-order valence-electron chi connectivity index (χ3n) is 5.91. The fourth-order valence-electron chi connectivity index (χ4n) is 4.22. The van der Waals surface area contributed by atoms with Gasteiger partial charge in [-0.05, 0) is 93.0 Å². The van der Waals surface area contributed by atoms with E-state index in [0.29, 0.717) is 16.8 Å². The molecule has 0 aliphatic carbocycles. The number of hydrogen-bond donors (Lipinski definition) is 2. The van der Waals surface area contributed by atoms with E-state index in [4.69, 9.17) is 12.2 Å². The predicted octanol–water partition coefficient (Wildman–Crippen LogP) is 4.24. The van der Waals surface area contributed by atoms with Crippen LogP contribution in [0.1, 0.15) is 38.4 Å². The summed E-state index contributed by atoms with van der Waals surface area (Å²) in [5.41, 5.74) is 5.34. The molecule has 7 nitrogen and oxygen atoms in total. The highest BCUT2D eigenvalue weighted by Crippen LogP contribution is 2.28. The van der Waals surface area contributed by atoms with Crippen molar-refractivity contribution in [2.75, 3.05) is 4.90 Å². The normalized spacial score (nSPS) is 15.1. The molecule has 0 atom stereocenters. The molecule has 0 spiro atoms. The van der Waals surface area contributed by atoms with E-state index in [-0.39, 0.29) is 16.2 Å². The first-order chi connectivity index (χ1) is 16.1. The smallest absolute Gasteiger partial charge is 0.336 e. The summed E-state index contributed by atoms with van der Waals surface area (Å²) in [6, 6.07) is 14.3. The molecule has 2 aromatic carbocycles. The summed E-state index contributed by atoms with van der Waals surface area (Å²) in [7, 11) is 0. The van der Waals surface area contributed by atoms with E-state index >= 15 is 0 Å². The molecule has 8 heteroatoms. The van der Waals surface area contributed by atoms with Crippen molar-refractivity contribution in [2.45, 2.75) is 27.7 Å². The lowest BCUT2D eigenvalue weighted by Crippen LogP contribution is -2.54. The van der Waals surface area contributed by atoms with Gasteiger partial charge >= 0.3 is 5.97 Å². The van der Waals surface area contributed by atoms with Crippen LogP contribution in [-0.4, -0.2) is 32.6 Å². The van der Waals surface area contributed by atoms with E-state index < -0.39 is 17.8 Å². The van der Waals surface area contributed by atoms with Crippen molar-refractivity contribution in [3.8, 4) is 5.69 Å². The van der Waals surface area contributed by atoms with E-state index in [1.54, 1.807) is 31.2 Å². The number of carbonyl (C=O) groups excluding carboxylic acids is 2. The Morgan fingerprint density at radius 1 is 1.03 bits per heavy atom. The molecular formula is C26H23N3O4S. The number of amides is 2. The predicted molar refractivity (Wildman–Crippen MR) is 134 cm³/mol. The molecule has 34 heavy (non-hydrogen) atoms. The second-order valence-electron chi connectivity index (χ2n) is 8.21. The minimum Gasteiger partial charge on any atom is -0.478 e. The number of benzene rings is 2. The van der Waals surface area contributed by atoms with Gasteiger partial charge in [0.2, 0.25) is 0 Å². The van der Waals surface area contributed by atoms with Gasteiger partial charge < -0.3 is 9.67 Å². The zero-order valence-corrected chi connectivity index (χ0v) is 20.0. The Balaban J connectivity index is 1.80. The van der Waals surface area contributed by atoms with Gasteiger partial charge in [-0.3, -0.25) is 19.8 Å². The lowest BCUT2D eigenvalue weighted by Gasteiger charge is -2.29. The second-order valence-corrected chi connectivity index (χ2v) is 8.60. The molecule has 1 aromatic heterocycles. The van der Waals surface area contributed by atoms with Crippen LogP contribution in [0.4, 0.5) is 5.69 Å². The average molecular weight is 474 g/mol. The van der Waals surface area contributed by atoms with Gasteiger partial charge in [0.15, 0.2) is 5.11 Å². The molecule has 1 fully saturated rings. The van der Waals surface area contributed by atoms with Crippen molar-refractivity contribution in [1.82, 2.24) is 9.88 Å². The van der Waals surface area contributed by atoms with E-state index in [2.05, 4.69) is 5.32 Å². The number of carboxylic acids is 1. The summed E-state index contributed by atoms with van der Waals surface area (Å²) < 4.78 is 1.92. The van der Waals surface area contributed by atoms with Gasteiger partial charge in [-0.15, -0.1) is 0 Å². The number of rotatable bonds is 4. The maximum Gasteiger partial charge on any atom is 0.336 e. The third kappa shape index (κ3) is 3.92. The number of nitrogens with one attached hydrogen (secondary N) is 1. The third-order valence-corrected chi connectivity index (χ3v) is 6.19. The molecule has 0 unspecified atom stereocenters. The lowest BCUT2D eigenvalue weighted by molar-refractivity contribution is -0.122. The molecule has 0 radical (unpaired) electrons. The largest absolute Gasteiger partial charge is 0.478 e. The first-order valence-corrected chi connectivity index (χ1v) is 11.0. The lowest BCUT2D eigenvalue weighted by atomic mass is 10.1. The molecule has 1 saturated heterocycles. The number of aromatic carboxylic acids is 1. The van der Waals surface area contributed by atoms with E-state index in [0.717, 1.165) is 22.6 Å². The second kappa shape index (κ2) is 8.72. The summed E-state index contributed by atoms with van der Waals surface area (Å²) >= 11 is 5.28. The number of carboxylic acid groups (broad SMARTS) is 1. The van der Waals surface area contributed by atoms with Gasteiger partial charge in [-0.2, -0.15) is 0 Å². The topological polar surface area (TPSA) is 91.6 Å². The van der Waals surface area contributed by atoms with Crippen molar-refractivity contribution in [1.29, 1.82) is 0 Å². The zero-order chi connectivity index (χ0) is 24.7. The fraction of sp³-hybridized carbons (Fsp3) is 0.154. The molecule has 1 aliphatic heterocycles. The zero-order valence-electron chi connectivity index (χ0n) is 19.2. The molecule has 2 amide bonds. The summed E-state index contributed by atoms with van der Waals surface area (Å²) in [5, 5.41) is 12.1. The van der Waals surface area contributed by atoms with Gasteiger partial charge in [0, 0.05) is 17.1 Å². The maximum atomic E-state index is 13.3. The molecule has 0 bridgehead atoms. The highest BCUT2D eigenvalue weighted by Gasteiger charge is 2.34. The van der Waals surface area contributed by atoms with Crippen molar-refractivity contribution in [3.05, 3.63) is 87.7 Å². The van der Waals surface area contributed by atoms with Crippen LogP contribution < -0.4 is 10.2 Å². The summed E-state index contributed by atoms with van der Waals surface area (Å²) in [6.07, 6.45) is 1.55. The van der Waals surface area contributed by atoms with Crippen LogP contribution >= 0.6 is 12.2 Å². The molecule has 0 saturated carbocycles. The van der Waals surface area contributed by atoms with Crippen LogP contribution in [0.25, 0.3) is 11.8 Å². The van der Waals surface area contributed by atoms with Crippen LogP contribution in [0.3, 0.4) is 0 Å². The Labute approximate surface area is 202 Å². The van der Waals surface area contributed by atoms with Gasteiger partial charge in [-0.1, -0.05) is 18.2 Å². The molecular weight excluding hydrogens is 450 g/mol. The molecule has 172 valence electrons. The highest BCUT2D eigenvalue weighted by molar-refractivity contribution is 7.80. The Morgan fingerprint density at radius 3 is 2.41 bits per heavy atom.